The van der Waals surface area contributed by atoms with E-state index >= 15 is 0 Å². The zero-order valence-corrected chi connectivity index (χ0v) is 13.6. The number of hydrogen-bond acceptors (Lipinski definition) is 3. The number of nitrogens with one attached hydrogen (secondary N) is 1. The van der Waals surface area contributed by atoms with Crippen molar-refractivity contribution in [3.63, 3.8) is 0 Å². The van der Waals surface area contributed by atoms with Crippen LogP contribution in [0.25, 0.3) is 0 Å². The van der Waals surface area contributed by atoms with Gasteiger partial charge in [-0.1, -0.05) is 43.6 Å². The molecule has 0 aliphatic heterocycles. The number of halogens is 1. The fourth-order valence-corrected chi connectivity index (χ4v) is 2.61. The maximum Gasteiger partial charge on any atom is 0.107 e. The predicted octanol–water partition coefficient (Wildman–Crippen LogP) is 4.09. The first-order valence-corrected chi connectivity index (χ1v) is 8.02. The number of alkyl halides is 1. The van der Waals surface area contributed by atoms with Crippen LogP contribution in [-0.4, -0.2) is 16.4 Å². The highest BCUT2D eigenvalue weighted by Crippen LogP contribution is 2.23. The lowest BCUT2D eigenvalue weighted by Gasteiger charge is -2.14. The van der Waals surface area contributed by atoms with Gasteiger partial charge in [-0.25, -0.2) is 4.98 Å². The number of nitrogens with zero attached hydrogens (tertiary/aromatic N) is 1. The molecule has 0 bridgehead atoms. The molecule has 1 aromatic heterocycles. The van der Waals surface area contributed by atoms with Crippen molar-refractivity contribution in [3.8, 4) is 0 Å². The second kappa shape index (κ2) is 6.86. The van der Waals surface area contributed by atoms with E-state index in [1.807, 2.05) is 0 Å². The van der Waals surface area contributed by atoms with Gasteiger partial charge < -0.3 is 5.32 Å². The van der Waals surface area contributed by atoms with Gasteiger partial charge in [0, 0.05) is 22.2 Å². The first-order valence-electron chi connectivity index (χ1n) is 6.23. The number of rotatable bonds is 6. The summed E-state index contributed by atoms with van der Waals surface area (Å²) in [7, 11) is 0. The van der Waals surface area contributed by atoms with Crippen molar-refractivity contribution in [2.75, 3.05) is 6.54 Å². The van der Waals surface area contributed by atoms with Gasteiger partial charge in [0.1, 0.15) is 5.01 Å². The third-order valence-electron chi connectivity index (χ3n) is 2.67. The molecule has 0 aliphatic carbocycles. The van der Waals surface area contributed by atoms with E-state index in [0.29, 0.717) is 4.83 Å². The van der Waals surface area contributed by atoms with Crippen molar-refractivity contribution < 1.29 is 0 Å². The lowest BCUT2D eigenvalue weighted by Crippen LogP contribution is -2.18. The summed E-state index contributed by atoms with van der Waals surface area (Å²) in [5.74, 6) is 0. The van der Waals surface area contributed by atoms with Crippen molar-refractivity contribution in [3.05, 3.63) is 16.1 Å². The topological polar surface area (TPSA) is 24.9 Å². The number of hydrogen-bond donors (Lipinski definition) is 1. The predicted molar refractivity (Wildman–Crippen MR) is 80.1 cm³/mol. The van der Waals surface area contributed by atoms with Gasteiger partial charge in [0.15, 0.2) is 0 Å². The maximum absolute atomic E-state index is 4.66. The molecule has 1 N–H and O–H groups in total. The van der Waals surface area contributed by atoms with E-state index in [1.165, 1.54) is 23.5 Å². The zero-order valence-electron chi connectivity index (χ0n) is 11.2. The molecule has 0 spiro atoms. The Morgan fingerprint density at radius 3 is 2.71 bits per heavy atom. The molecule has 0 amide bonds. The summed E-state index contributed by atoms with van der Waals surface area (Å²) in [6.45, 7) is 10.8. The van der Waals surface area contributed by atoms with E-state index in [0.717, 1.165) is 13.1 Å². The van der Waals surface area contributed by atoms with Crippen molar-refractivity contribution in [2.45, 2.75) is 57.3 Å². The molecule has 17 heavy (non-hydrogen) atoms. The van der Waals surface area contributed by atoms with E-state index in [9.17, 15) is 0 Å². The summed E-state index contributed by atoms with van der Waals surface area (Å²) in [5, 5.41) is 6.82. The lowest BCUT2D eigenvalue weighted by molar-refractivity contribution is 0.567. The Kier molecular flexibility index (Phi) is 6.10. The Morgan fingerprint density at radius 1 is 1.47 bits per heavy atom. The Bertz CT molecular complexity index is 330. The smallest absolute Gasteiger partial charge is 0.107 e. The van der Waals surface area contributed by atoms with E-state index in [4.69, 9.17) is 0 Å². The molecular weight excluding hydrogens is 296 g/mol. The van der Waals surface area contributed by atoms with Crippen LogP contribution in [0, 0.1) is 0 Å². The van der Waals surface area contributed by atoms with Crippen molar-refractivity contribution in [1.82, 2.24) is 10.3 Å². The summed E-state index contributed by atoms with van der Waals surface area (Å²) in [6.07, 6.45) is 2.36. The molecule has 0 saturated carbocycles. The van der Waals surface area contributed by atoms with Crippen LogP contribution in [0.2, 0.25) is 0 Å². The third-order valence-corrected chi connectivity index (χ3v) is 4.63. The highest BCUT2D eigenvalue weighted by Gasteiger charge is 2.17. The summed E-state index contributed by atoms with van der Waals surface area (Å²) in [4.78, 5) is 5.30. The minimum atomic E-state index is 0.165. The van der Waals surface area contributed by atoms with Gasteiger partial charge in [-0.3, -0.25) is 0 Å². The third kappa shape index (κ3) is 5.49. The first-order chi connectivity index (χ1) is 7.93. The molecule has 1 rings (SSSR count). The van der Waals surface area contributed by atoms with Gasteiger partial charge in [-0.2, -0.15) is 0 Å². The average molecular weight is 319 g/mol. The molecule has 0 saturated heterocycles. The normalized spacial score (nSPS) is 13.9. The molecule has 0 aromatic carbocycles. The largest absolute Gasteiger partial charge is 0.310 e. The van der Waals surface area contributed by atoms with E-state index in [-0.39, 0.29) is 5.41 Å². The lowest BCUT2D eigenvalue weighted by atomic mass is 9.93. The van der Waals surface area contributed by atoms with Crippen LogP contribution in [-0.2, 0) is 12.0 Å². The fourth-order valence-electron chi connectivity index (χ4n) is 1.39. The molecule has 0 aliphatic rings. The average Bonchev–Trinajstić information content (AvgIpc) is 2.72. The standard InChI is InChI=1S/C13H23BrN2S/c1-5-10(14)6-7-15-8-12-16-11(9-17-12)13(2,3)4/h9-10,15H,5-8H2,1-4H3. The second-order valence-corrected chi connectivity index (χ2v) is 7.59. The molecule has 1 unspecified atom stereocenters. The molecule has 98 valence electrons. The van der Waals surface area contributed by atoms with Gasteiger partial charge in [-0.05, 0) is 19.4 Å². The minimum Gasteiger partial charge on any atom is -0.310 e. The Morgan fingerprint density at radius 2 is 2.18 bits per heavy atom. The van der Waals surface area contributed by atoms with Gasteiger partial charge in [0.25, 0.3) is 0 Å². The van der Waals surface area contributed by atoms with E-state index in [2.05, 4.69) is 59.3 Å². The van der Waals surface area contributed by atoms with Gasteiger partial charge in [0.05, 0.1) is 5.69 Å². The molecule has 1 atom stereocenters. The molecule has 2 nitrogen and oxygen atoms in total. The SMILES string of the molecule is CCC(Br)CCNCc1nc(C(C)(C)C)cs1. The molecule has 4 heteroatoms. The van der Waals surface area contributed by atoms with Gasteiger partial charge in [0.2, 0.25) is 0 Å². The first kappa shape index (κ1) is 15.1. The second-order valence-electron chi connectivity index (χ2n) is 5.35. The van der Waals surface area contributed by atoms with Gasteiger partial charge >= 0.3 is 0 Å². The Balaban J connectivity index is 2.31. The highest BCUT2D eigenvalue weighted by molar-refractivity contribution is 9.09. The van der Waals surface area contributed by atoms with Crippen LogP contribution in [0.5, 0.6) is 0 Å². The van der Waals surface area contributed by atoms with Crippen LogP contribution in [0.3, 0.4) is 0 Å². The van der Waals surface area contributed by atoms with Crippen molar-refractivity contribution in [2.24, 2.45) is 0 Å². The summed E-state index contributed by atoms with van der Waals surface area (Å²) in [6, 6.07) is 0. The molecular formula is C13H23BrN2S. The Hall–Kier alpha value is 0.0700. The number of thiazole rings is 1. The van der Waals surface area contributed by atoms with Crippen LogP contribution >= 0.6 is 27.3 Å². The number of aromatic nitrogens is 1. The molecule has 1 heterocycles. The Labute approximate surface area is 117 Å². The van der Waals surface area contributed by atoms with Crippen LogP contribution < -0.4 is 5.32 Å². The molecule has 0 radical (unpaired) electrons. The summed E-state index contributed by atoms with van der Waals surface area (Å²) >= 11 is 5.40. The van der Waals surface area contributed by atoms with Crippen molar-refractivity contribution in [1.29, 1.82) is 0 Å². The fraction of sp³-hybridized carbons (Fsp3) is 0.769. The van der Waals surface area contributed by atoms with E-state index in [1.54, 1.807) is 11.3 Å². The quantitative estimate of drug-likeness (QED) is 0.631. The maximum atomic E-state index is 4.66. The van der Waals surface area contributed by atoms with Crippen LogP contribution in [0.4, 0.5) is 0 Å². The molecule has 0 fully saturated rings. The molecule has 1 aromatic rings. The monoisotopic (exact) mass is 318 g/mol. The van der Waals surface area contributed by atoms with Crippen LogP contribution in [0.1, 0.15) is 51.2 Å². The van der Waals surface area contributed by atoms with Gasteiger partial charge in [-0.15, -0.1) is 11.3 Å². The van der Waals surface area contributed by atoms with E-state index < -0.39 is 0 Å². The van der Waals surface area contributed by atoms with Crippen LogP contribution in [0.15, 0.2) is 5.38 Å². The minimum absolute atomic E-state index is 0.165. The zero-order chi connectivity index (χ0) is 12.9. The van der Waals surface area contributed by atoms with Crippen molar-refractivity contribution >= 4 is 27.3 Å². The summed E-state index contributed by atoms with van der Waals surface area (Å²) < 4.78 is 0. The summed E-state index contributed by atoms with van der Waals surface area (Å²) in [5.41, 5.74) is 1.36. The highest BCUT2D eigenvalue weighted by atomic mass is 79.9.